The molecule has 16 heavy (non-hydrogen) atoms. The SMILES string of the molecule is COc1cc(S(C)(=O)=O)ccc1C(C)(C)O. The highest BCUT2D eigenvalue weighted by molar-refractivity contribution is 7.90. The van der Waals surface area contributed by atoms with Crippen LogP contribution >= 0.6 is 0 Å². The fourth-order valence-corrected chi connectivity index (χ4v) is 2.04. The van der Waals surface area contributed by atoms with E-state index >= 15 is 0 Å². The summed E-state index contributed by atoms with van der Waals surface area (Å²) in [6.07, 6.45) is 1.13. The van der Waals surface area contributed by atoms with E-state index in [0.717, 1.165) is 6.26 Å². The van der Waals surface area contributed by atoms with Crippen molar-refractivity contribution in [2.45, 2.75) is 24.3 Å². The fraction of sp³-hybridized carbons (Fsp3) is 0.455. The van der Waals surface area contributed by atoms with Gasteiger partial charge in [0.2, 0.25) is 0 Å². The molecule has 1 aromatic rings. The minimum absolute atomic E-state index is 0.178. The first-order chi connectivity index (χ1) is 7.16. The average molecular weight is 244 g/mol. The van der Waals surface area contributed by atoms with Crippen LogP contribution in [-0.4, -0.2) is 26.9 Å². The van der Waals surface area contributed by atoms with Crippen molar-refractivity contribution in [3.05, 3.63) is 23.8 Å². The summed E-state index contributed by atoms with van der Waals surface area (Å²) in [4.78, 5) is 0.178. The van der Waals surface area contributed by atoms with Crippen LogP contribution in [-0.2, 0) is 15.4 Å². The third-order valence-corrected chi connectivity index (χ3v) is 3.37. The molecule has 0 aliphatic heterocycles. The van der Waals surface area contributed by atoms with E-state index in [2.05, 4.69) is 0 Å². The van der Waals surface area contributed by atoms with Gasteiger partial charge in [0.25, 0.3) is 0 Å². The van der Waals surface area contributed by atoms with E-state index < -0.39 is 15.4 Å². The topological polar surface area (TPSA) is 63.6 Å². The first-order valence-electron chi connectivity index (χ1n) is 4.77. The van der Waals surface area contributed by atoms with Gasteiger partial charge in [0.05, 0.1) is 17.6 Å². The summed E-state index contributed by atoms with van der Waals surface area (Å²) >= 11 is 0. The monoisotopic (exact) mass is 244 g/mol. The van der Waals surface area contributed by atoms with Crippen molar-refractivity contribution in [1.82, 2.24) is 0 Å². The van der Waals surface area contributed by atoms with Crippen LogP contribution in [0.25, 0.3) is 0 Å². The Morgan fingerprint density at radius 3 is 2.25 bits per heavy atom. The van der Waals surface area contributed by atoms with Crippen molar-refractivity contribution in [1.29, 1.82) is 0 Å². The van der Waals surface area contributed by atoms with E-state index in [1.54, 1.807) is 19.9 Å². The van der Waals surface area contributed by atoms with Crippen LogP contribution < -0.4 is 4.74 Å². The average Bonchev–Trinajstić information content (AvgIpc) is 2.14. The van der Waals surface area contributed by atoms with Gasteiger partial charge in [-0.2, -0.15) is 0 Å². The van der Waals surface area contributed by atoms with Crippen LogP contribution in [0.3, 0.4) is 0 Å². The molecule has 0 aliphatic carbocycles. The van der Waals surface area contributed by atoms with Gasteiger partial charge < -0.3 is 9.84 Å². The van der Waals surface area contributed by atoms with E-state index in [4.69, 9.17) is 4.74 Å². The Kier molecular flexibility index (Phi) is 3.30. The lowest BCUT2D eigenvalue weighted by molar-refractivity contribution is 0.0755. The quantitative estimate of drug-likeness (QED) is 0.871. The number of rotatable bonds is 3. The molecule has 0 aromatic heterocycles. The Morgan fingerprint density at radius 2 is 1.88 bits per heavy atom. The van der Waals surface area contributed by atoms with E-state index in [1.165, 1.54) is 19.2 Å². The van der Waals surface area contributed by atoms with Crippen molar-refractivity contribution in [2.24, 2.45) is 0 Å². The van der Waals surface area contributed by atoms with Gasteiger partial charge in [0, 0.05) is 11.8 Å². The molecule has 1 rings (SSSR count). The molecule has 0 spiro atoms. The number of benzene rings is 1. The maximum Gasteiger partial charge on any atom is 0.175 e. The molecule has 0 radical (unpaired) electrons. The van der Waals surface area contributed by atoms with E-state index in [1.807, 2.05) is 0 Å². The lowest BCUT2D eigenvalue weighted by Crippen LogP contribution is -2.17. The molecule has 0 heterocycles. The van der Waals surface area contributed by atoms with Crippen LogP contribution in [0.4, 0.5) is 0 Å². The summed E-state index contributed by atoms with van der Waals surface area (Å²) < 4.78 is 27.8. The molecule has 0 fully saturated rings. The second kappa shape index (κ2) is 4.07. The predicted molar refractivity (Wildman–Crippen MR) is 61.3 cm³/mol. The lowest BCUT2D eigenvalue weighted by Gasteiger charge is -2.21. The van der Waals surface area contributed by atoms with Crippen LogP contribution in [0.15, 0.2) is 23.1 Å². The first-order valence-corrected chi connectivity index (χ1v) is 6.66. The first kappa shape index (κ1) is 13.0. The maximum absolute atomic E-state index is 11.3. The van der Waals surface area contributed by atoms with Crippen molar-refractivity contribution < 1.29 is 18.3 Å². The van der Waals surface area contributed by atoms with Crippen LogP contribution in [0, 0.1) is 0 Å². The van der Waals surface area contributed by atoms with Crippen molar-refractivity contribution in [3.8, 4) is 5.75 Å². The summed E-state index contributed by atoms with van der Waals surface area (Å²) in [6.45, 7) is 3.23. The number of hydrogen-bond acceptors (Lipinski definition) is 4. The molecule has 0 amide bonds. The summed E-state index contributed by atoms with van der Waals surface area (Å²) in [5.74, 6) is 0.371. The second-order valence-corrected chi connectivity index (χ2v) is 6.21. The molecule has 0 saturated carbocycles. The molecule has 5 heteroatoms. The zero-order valence-electron chi connectivity index (χ0n) is 9.81. The Morgan fingerprint density at radius 1 is 1.31 bits per heavy atom. The summed E-state index contributed by atoms with van der Waals surface area (Å²) in [6, 6.07) is 4.45. The third kappa shape index (κ3) is 2.74. The molecule has 0 saturated heterocycles. The van der Waals surface area contributed by atoms with Gasteiger partial charge in [-0.25, -0.2) is 8.42 Å². The van der Waals surface area contributed by atoms with Crippen LogP contribution in [0.5, 0.6) is 5.75 Å². The van der Waals surface area contributed by atoms with Crippen LogP contribution in [0.2, 0.25) is 0 Å². The molecule has 0 aliphatic rings. The zero-order chi connectivity index (χ0) is 12.6. The van der Waals surface area contributed by atoms with E-state index in [-0.39, 0.29) is 4.90 Å². The number of aliphatic hydroxyl groups is 1. The Balaban J connectivity index is 3.40. The molecule has 4 nitrogen and oxygen atoms in total. The minimum atomic E-state index is -3.26. The Hall–Kier alpha value is -1.07. The number of hydrogen-bond donors (Lipinski definition) is 1. The molecule has 0 unspecified atom stereocenters. The Labute approximate surface area is 95.8 Å². The molecule has 1 aromatic carbocycles. The summed E-state index contributed by atoms with van der Waals surface area (Å²) in [5.41, 5.74) is -0.510. The second-order valence-electron chi connectivity index (χ2n) is 4.19. The van der Waals surface area contributed by atoms with Crippen LogP contribution in [0.1, 0.15) is 19.4 Å². The van der Waals surface area contributed by atoms with Crippen molar-refractivity contribution in [2.75, 3.05) is 13.4 Å². The minimum Gasteiger partial charge on any atom is -0.496 e. The molecular weight excluding hydrogens is 228 g/mol. The normalized spacial score (nSPS) is 12.6. The van der Waals surface area contributed by atoms with Gasteiger partial charge in [-0.05, 0) is 26.0 Å². The standard InChI is InChI=1S/C11H16O4S/c1-11(2,12)9-6-5-8(16(4,13)14)7-10(9)15-3/h5-7,12H,1-4H3. The zero-order valence-corrected chi connectivity index (χ0v) is 10.6. The number of sulfone groups is 1. The van der Waals surface area contributed by atoms with Crippen molar-refractivity contribution in [3.63, 3.8) is 0 Å². The smallest absolute Gasteiger partial charge is 0.175 e. The molecule has 90 valence electrons. The lowest BCUT2D eigenvalue weighted by atomic mass is 9.97. The van der Waals surface area contributed by atoms with Gasteiger partial charge in [-0.1, -0.05) is 6.07 Å². The summed E-state index contributed by atoms with van der Waals surface area (Å²) in [7, 11) is -1.82. The van der Waals surface area contributed by atoms with Gasteiger partial charge >= 0.3 is 0 Å². The summed E-state index contributed by atoms with van der Waals surface area (Å²) in [5, 5.41) is 9.87. The molecule has 0 bridgehead atoms. The van der Waals surface area contributed by atoms with Crippen molar-refractivity contribution >= 4 is 9.84 Å². The molecule has 1 N–H and O–H groups in total. The Bertz CT molecular complexity index is 483. The molecular formula is C11H16O4S. The van der Waals surface area contributed by atoms with E-state index in [9.17, 15) is 13.5 Å². The predicted octanol–water partition coefficient (Wildman–Crippen LogP) is 1.33. The third-order valence-electron chi connectivity index (χ3n) is 2.26. The number of methoxy groups -OCH3 is 1. The van der Waals surface area contributed by atoms with Gasteiger partial charge in [-0.15, -0.1) is 0 Å². The fourth-order valence-electron chi connectivity index (χ4n) is 1.41. The highest BCUT2D eigenvalue weighted by Gasteiger charge is 2.22. The highest BCUT2D eigenvalue weighted by Crippen LogP contribution is 2.31. The van der Waals surface area contributed by atoms with Gasteiger partial charge in [0.15, 0.2) is 9.84 Å². The van der Waals surface area contributed by atoms with E-state index in [0.29, 0.717) is 11.3 Å². The van der Waals surface area contributed by atoms with Gasteiger partial charge in [0.1, 0.15) is 5.75 Å². The molecule has 0 atom stereocenters. The largest absolute Gasteiger partial charge is 0.496 e. The number of ether oxygens (including phenoxy) is 1. The highest BCUT2D eigenvalue weighted by atomic mass is 32.2. The van der Waals surface area contributed by atoms with Gasteiger partial charge in [-0.3, -0.25) is 0 Å². The maximum atomic E-state index is 11.3.